The number of hydrogen-bond donors (Lipinski definition) is 0. The molecule has 0 saturated carbocycles. The van der Waals surface area contributed by atoms with Crippen LogP contribution in [0.25, 0.3) is 0 Å². The van der Waals surface area contributed by atoms with Crippen molar-refractivity contribution in [1.82, 2.24) is 4.90 Å². The first-order valence-electron chi connectivity index (χ1n) is 6.47. The summed E-state index contributed by atoms with van der Waals surface area (Å²) in [5, 5.41) is 0. The average Bonchev–Trinajstić information content (AvgIpc) is 2.35. The van der Waals surface area contributed by atoms with Crippen molar-refractivity contribution in [2.24, 2.45) is 0 Å². The van der Waals surface area contributed by atoms with Crippen LogP contribution in [0.15, 0.2) is 30.3 Å². The van der Waals surface area contributed by atoms with Gasteiger partial charge in [-0.1, -0.05) is 37.3 Å². The van der Waals surface area contributed by atoms with Crippen LogP contribution >= 0.6 is 0 Å². The highest BCUT2D eigenvalue weighted by Gasteiger charge is 2.09. The Kier molecular flexibility index (Phi) is 5.92. The molecule has 0 radical (unpaired) electrons. The van der Waals surface area contributed by atoms with E-state index in [2.05, 4.69) is 25.7 Å². The summed E-state index contributed by atoms with van der Waals surface area (Å²) >= 11 is 0. The monoisotopic (exact) mass is 233 g/mol. The van der Waals surface area contributed by atoms with E-state index in [4.69, 9.17) is 0 Å². The van der Waals surface area contributed by atoms with Gasteiger partial charge in [-0.15, -0.1) is 0 Å². The molecule has 0 N–H and O–H groups in total. The minimum atomic E-state index is 0.255. The highest BCUT2D eigenvalue weighted by atomic mass is 16.1. The van der Waals surface area contributed by atoms with Gasteiger partial charge >= 0.3 is 0 Å². The Balaban J connectivity index is 2.34. The fourth-order valence-corrected chi connectivity index (χ4v) is 1.99. The molecule has 17 heavy (non-hydrogen) atoms. The first kappa shape index (κ1) is 13.9. The van der Waals surface area contributed by atoms with Crippen LogP contribution < -0.4 is 0 Å². The SMILES string of the molecule is CCN(CCCC(=O)c1ccccc1)C(C)C. The lowest BCUT2D eigenvalue weighted by Gasteiger charge is -2.24. The Morgan fingerprint density at radius 2 is 1.88 bits per heavy atom. The Morgan fingerprint density at radius 3 is 2.41 bits per heavy atom. The first-order chi connectivity index (χ1) is 8.15. The van der Waals surface area contributed by atoms with E-state index in [-0.39, 0.29) is 5.78 Å². The van der Waals surface area contributed by atoms with Crippen LogP contribution in [0.4, 0.5) is 0 Å². The number of benzene rings is 1. The molecule has 0 fully saturated rings. The minimum absolute atomic E-state index is 0.255. The topological polar surface area (TPSA) is 20.3 Å². The summed E-state index contributed by atoms with van der Waals surface area (Å²) in [5.74, 6) is 0.255. The van der Waals surface area contributed by atoms with Crippen molar-refractivity contribution >= 4 is 5.78 Å². The lowest BCUT2D eigenvalue weighted by atomic mass is 10.1. The molecule has 2 heteroatoms. The number of hydrogen-bond acceptors (Lipinski definition) is 2. The fourth-order valence-electron chi connectivity index (χ4n) is 1.99. The zero-order valence-electron chi connectivity index (χ0n) is 11.1. The zero-order chi connectivity index (χ0) is 12.7. The van der Waals surface area contributed by atoms with E-state index in [1.165, 1.54) is 0 Å². The summed E-state index contributed by atoms with van der Waals surface area (Å²) in [6, 6.07) is 10.1. The van der Waals surface area contributed by atoms with Gasteiger partial charge < -0.3 is 4.90 Å². The van der Waals surface area contributed by atoms with Crippen molar-refractivity contribution in [2.45, 2.75) is 39.7 Å². The molecular formula is C15H23NO. The van der Waals surface area contributed by atoms with Gasteiger partial charge in [0.05, 0.1) is 0 Å². The van der Waals surface area contributed by atoms with Gasteiger partial charge in [0.1, 0.15) is 0 Å². The predicted octanol–water partition coefficient (Wildman–Crippen LogP) is 3.38. The third kappa shape index (κ3) is 4.70. The summed E-state index contributed by atoms with van der Waals surface area (Å²) in [5.41, 5.74) is 0.833. The Hall–Kier alpha value is -1.15. The molecule has 0 bridgehead atoms. The molecule has 1 rings (SSSR count). The molecule has 0 atom stereocenters. The van der Waals surface area contributed by atoms with Crippen LogP contribution in [0, 0.1) is 0 Å². The first-order valence-corrected chi connectivity index (χ1v) is 6.47. The Bertz CT molecular complexity index is 332. The minimum Gasteiger partial charge on any atom is -0.301 e. The molecule has 0 aliphatic carbocycles. The van der Waals surface area contributed by atoms with E-state index >= 15 is 0 Å². The summed E-state index contributed by atoms with van der Waals surface area (Å²) < 4.78 is 0. The normalized spacial score (nSPS) is 11.1. The lowest BCUT2D eigenvalue weighted by molar-refractivity contribution is 0.0972. The van der Waals surface area contributed by atoms with Crippen molar-refractivity contribution < 1.29 is 4.79 Å². The third-order valence-corrected chi connectivity index (χ3v) is 3.08. The van der Waals surface area contributed by atoms with Gasteiger partial charge in [0.25, 0.3) is 0 Å². The molecule has 0 amide bonds. The second-order valence-electron chi connectivity index (χ2n) is 4.62. The molecule has 1 aromatic carbocycles. The second kappa shape index (κ2) is 7.23. The van der Waals surface area contributed by atoms with Crippen LogP contribution in [0.5, 0.6) is 0 Å². The molecule has 0 aromatic heterocycles. The number of rotatable bonds is 7. The van der Waals surface area contributed by atoms with Crippen LogP contribution in [-0.4, -0.2) is 29.8 Å². The maximum atomic E-state index is 11.9. The van der Waals surface area contributed by atoms with Gasteiger partial charge in [0.15, 0.2) is 5.78 Å². The van der Waals surface area contributed by atoms with Gasteiger partial charge in [-0.05, 0) is 33.4 Å². The quantitative estimate of drug-likeness (QED) is 0.673. The Labute approximate surface area is 105 Å². The predicted molar refractivity (Wildman–Crippen MR) is 72.4 cm³/mol. The molecule has 0 heterocycles. The van der Waals surface area contributed by atoms with Gasteiger partial charge in [-0.25, -0.2) is 0 Å². The highest BCUT2D eigenvalue weighted by molar-refractivity contribution is 5.95. The standard InChI is InChI=1S/C15H23NO/c1-4-16(13(2)3)12-8-11-15(17)14-9-6-5-7-10-14/h5-7,9-10,13H,4,8,11-12H2,1-3H3. The summed E-state index contributed by atoms with van der Waals surface area (Å²) in [6.45, 7) is 8.62. The summed E-state index contributed by atoms with van der Waals surface area (Å²) in [7, 11) is 0. The number of carbonyl (C=O) groups excluding carboxylic acids is 1. The van der Waals surface area contributed by atoms with E-state index in [1.54, 1.807) is 0 Å². The molecule has 94 valence electrons. The van der Waals surface area contributed by atoms with Crippen molar-refractivity contribution in [3.05, 3.63) is 35.9 Å². The van der Waals surface area contributed by atoms with Crippen molar-refractivity contribution in [2.75, 3.05) is 13.1 Å². The summed E-state index contributed by atoms with van der Waals surface area (Å²) in [4.78, 5) is 14.3. The number of nitrogens with zero attached hydrogens (tertiary/aromatic N) is 1. The molecule has 0 aliphatic heterocycles. The molecule has 0 unspecified atom stereocenters. The van der Waals surface area contributed by atoms with E-state index in [0.717, 1.165) is 25.1 Å². The van der Waals surface area contributed by atoms with Crippen LogP contribution in [0.2, 0.25) is 0 Å². The van der Waals surface area contributed by atoms with E-state index in [0.29, 0.717) is 12.5 Å². The summed E-state index contributed by atoms with van der Waals surface area (Å²) in [6.07, 6.45) is 1.59. The van der Waals surface area contributed by atoms with Crippen molar-refractivity contribution in [1.29, 1.82) is 0 Å². The molecule has 0 aliphatic rings. The van der Waals surface area contributed by atoms with Crippen LogP contribution in [0.1, 0.15) is 44.0 Å². The highest BCUT2D eigenvalue weighted by Crippen LogP contribution is 2.07. The largest absolute Gasteiger partial charge is 0.301 e. The molecular weight excluding hydrogens is 210 g/mol. The second-order valence-corrected chi connectivity index (χ2v) is 4.62. The van der Waals surface area contributed by atoms with E-state index in [1.807, 2.05) is 30.3 Å². The van der Waals surface area contributed by atoms with Crippen molar-refractivity contribution in [3.8, 4) is 0 Å². The smallest absolute Gasteiger partial charge is 0.162 e. The van der Waals surface area contributed by atoms with E-state index in [9.17, 15) is 4.79 Å². The molecule has 1 aromatic rings. The lowest BCUT2D eigenvalue weighted by Crippen LogP contribution is -2.31. The number of Topliss-reactive ketones (excluding diaryl/α,β-unsaturated/α-hetero) is 1. The zero-order valence-corrected chi connectivity index (χ0v) is 11.1. The van der Waals surface area contributed by atoms with Crippen LogP contribution in [-0.2, 0) is 0 Å². The number of carbonyl (C=O) groups is 1. The van der Waals surface area contributed by atoms with Crippen molar-refractivity contribution in [3.63, 3.8) is 0 Å². The van der Waals surface area contributed by atoms with E-state index < -0.39 is 0 Å². The molecule has 0 saturated heterocycles. The van der Waals surface area contributed by atoms with Gasteiger partial charge in [0, 0.05) is 18.0 Å². The Morgan fingerprint density at radius 1 is 1.24 bits per heavy atom. The van der Waals surface area contributed by atoms with Gasteiger partial charge in [-0.2, -0.15) is 0 Å². The maximum Gasteiger partial charge on any atom is 0.162 e. The van der Waals surface area contributed by atoms with Crippen LogP contribution in [0.3, 0.4) is 0 Å². The molecule has 2 nitrogen and oxygen atoms in total. The maximum absolute atomic E-state index is 11.9. The third-order valence-electron chi connectivity index (χ3n) is 3.08. The average molecular weight is 233 g/mol. The molecule has 0 spiro atoms. The fraction of sp³-hybridized carbons (Fsp3) is 0.533. The van der Waals surface area contributed by atoms with Gasteiger partial charge in [-0.3, -0.25) is 4.79 Å². The number of ketones is 1. The van der Waals surface area contributed by atoms with Gasteiger partial charge in [0.2, 0.25) is 0 Å².